The van der Waals surface area contributed by atoms with Gasteiger partial charge in [0.2, 0.25) is 0 Å². The van der Waals surface area contributed by atoms with Gasteiger partial charge in [-0.3, -0.25) is 0 Å². The van der Waals surface area contributed by atoms with Gasteiger partial charge < -0.3 is 9.32 Å². The molecule has 0 atom stereocenters. The minimum absolute atomic E-state index is 0.883. The number of anilines is 3. The molecule has 9 rings (SSSR count). The minimum Gasteiger partial charge on any atom is -0.456 e. The summed E-state index contributed by atoms with van der Waals surface area (Å²) in [6.07, 6.45) is 0. The molecule has 1 aromatic heterocycles. The molecule has 2 nitrogen and oxygen atoms in total. The standard InChI is InChI=1S/C46H31NO/c1-4-12-32(13-5-1)33-20-23-37(24-21-33)47(38-25-27-40(34-14-6-2-7-15-34)42(30-38)35-16-8-3-9-17-35)39-26-29-44-43(31-39)46-41-19-11-10-18-36(41)22-28-45(46)48-44/h1-31H. The van der Waals surface area contributed by atoms with Crippen LogP contribution in [0.2, 0.25) is 0 Å². The highest BCUT2D eigenvalue weighted by Gasteiger charge is 2.19. The Balaban J connectivity index is 1.27. The Bertz CT molecular complexity index is 2530. The smallest absolute Gasteiger partial charge is 0.136 e. The molecule has 0 unspecified atom stereocenters. The number of furan rings is 1. The molecule has 1 heterocycles. The predicted molar refractivity (Wildman–Crippen MR) is 202 cm³/mol. The summed E-state index contributed by atoms with van der Waals surface area (Å²) in [7, 11) is 0. The minimum atomic E-state index is 0.883. The van der Waals surface area contributed by atoms with Crippen LogP contribution < -0.4 is 4.90 Å². The van der Waals surface area contributed by atoms with Crippen LogP contribution in [0.1, 0.15) is 0 Å². The number of rotatable bonds is 6. The average Bonchev–Trinajstić information content (AvgIpc) is 3.55. The van der Waals surface area contributed by atoms with E-state index in [4.69, 9.17) is 4.42 Å². The first-order valence-corrected chi connectivity index (χ1v) is 16.3. The molecular formula is C46H31NO. The molecule has 0 spiro atoms. The molecule has 0 bridgehead atoms. The van der Waals surface area contributed by atoms with Crippen LogP contribution in [-0.4, -0.2) is 0 Å². The van der Waals surface area contributed by atoms with E-state index in [1.54, 1.807) is 0 Å². The second-order valence-electron chi connectivity index (χ2n) is 12.2. The lowest BCUT2D eigenvalue weighted by Gasteiger charge is -2.27. The summed E-state index contributed by atoms with van der Waals surface area (Å²) in [6, 6.07) is 66.9. The van der Waals surface area contributed by atoms with Crippen molar-refractivity contribution in [2.24, 2.45) is 0 Å². The lowest BCUT2D eigenvalue weighted by Crippen LogP contribution is -2.10. The summed E-state index contributed by atoms with van der Waals surface area (Å²) < 4.78 is 6.39. The third-order valence-electron chi connectivity index (χ3n) is 9.26. The SMILES string of the molecule is c1ccc(-c2ccc(N(c3ccc(-c4ccccc4)c(-c4ccccc4)c3)c3ccc4oc5ccc6ccccc6c5c4c3)cc2)cc1. The predicted octanol–water partition coefficient (Wildman–Crippen LogP) is 13.2. The molecule has 9 aromatic rings. The number of hydrogen-bond donors (Lipinski definition) is 0. The van der Waals surface area contributed by atoms with Crippen LogP contribution in [0.5, 0.6) is 0 Å². The zero-order chi connectivity index (χ0) is 31.9. The van der Waals surface area contributed by atoms with Crippen molar-refractivity contribution >= 4 is 49.8 Å². The Kier molecular flexibility index (Phi) is 6.84. The van der Waals surface area contributed by atoms with Crippen molar-refractivity contribution in [1.82, 2.24) is 0 Å². The lowest BCUT2D eigenvalue weighted by atomic mass is 9.93. The van der Waals surface area contributed by atoms with Crippen LogP contribution in [-0.2, 0) is 0 Å². The van der Waals surface area contributed by atoms with E-state index in [1.165, 1.54) is 44.2 Å². The molecule has 48 heavy (non-hydrogen) atoms. The second-order valence-corrected chi connectivity index (χ2v) is 12.2. The fourth-order valence-electron chi connectivity index (χ4n) is 6.95. The highest BCUT2D eigenvalue weighted by atomic mass is 16.3. The van der Waals surface area contributed by atoms with E-state index in [-0.39, 0.29) is 0 Å². The fraction of sp³-hybridized carbons (Fsp3) is 0. The van der Waals surface area contributed by atoms with Crippen LogP contribution in [0.25, 0.3) is 66.1 Å². The number of benzene rings is 8. The van der Waals surface area contributed by atoms with E-state index >= 15 is 0 Å². The average molecular weight is 614 g/mol. The van der Waals surface area contributed by atoms with Crippen LogP contribution in [0.3, 0.4) is 0 Å². The maximum absolute atomic E-state index is 6.39. The largest absolute Gasteiger partial charge is 0.456 e. The zero-order valence-electron chi connectivity index (χ0n) is 26.3. The van der Waals surface area contributed by atoms with Crippen LogP contribution >= 0.6 is 0 Å². The Morgan fingerprint density at radius 3 is 1.60 bits per heavy atom. The van der Waals surface area contributed by atoms with E-state index in [0.29, 0.717) is 0 Å². The maximum atomic E-state index is 6.39. The van der Waals surface area contributed by atoms with Crippen molar-refractivity contribution in [2.75, 3.05) is 4.90 Å². The van der Waals surface area contributed by atoms with E-state index in [0.717, 1.165) is 39.0 Å². The van der Waals surface area contributed by atoms with Gasteiger partial charge in [0.05, 0.1) is 0 Å². The van der Waals surface area contributed by atoms with E-state index < -0.39 is 0 Å². The fourth-order valence-corrected chi connectivity index (χ4v) is 6.95. The third kappa shape index (κ3) is 4.92. The van der Waals surface area contributed by atoms with Gasteiger partial charge in [-0.15, -0.1) is 0 Å². The van der Waals surface area contributed by atoms with Crippen molar-refractivity contribution in [3.05, 3.63) is 188 Å². The van der Waals surface area contributed by atoms with Crippen LogP contribution in [0, 0.1) is 0 Å². The molecule has 0 N–H and O–H groups in total. The zero-order valence-corrected chi connectivity index (χ0v) is 26.3. The summed E-state index contributed by atoms with van der Waals surface area (Å²) in [6.45, 7) is 0. The summed E-state index contributed by atoms with van der Waals surface area (Å²) in [4.78, 5) is 2.36. The molecule has 8 aromatic carbocycles. The first-order chi connectivity index (χ1) is 23.8. The van der Waals surface area contributed by atoms with Gasteiger partial charge in [-0.1, -0.05) is 140 Å². The first kappa shape index (κ1) is 27.9. The summed E-state index contributed by atoms with van der Waals surface area (Å²) in [5, 5.41) is 4.65. The summed E-state index contributed by atoms with van der Waals surface area (Å²) in [5.74, 6) is 0. The van der Waals surface area contributed by atoms with Gasteiger partial charge in [-0.25, -0.2) is 0 Å². The van der Waals surface area contributed by atoms with Crippen LogP contribution in [0.15, 0.2) is 192 Å². The Morgan fingerprint density at radius 2 is 0.875 bits per heavy atom. The van der Waals surface area contributed by atoms with Gasteiger partial charge in [0.25, 0.3) is 0 Å². The lowest BCUT2D eigenvalue weighted by molar-refractivity contribution is 0.669. The molecule has 0 amide bonds. The quantitative estimate of drug-likeness (QED) is 0.185. The molecule has 0 radical (unpaired) electrons. The van der Waals surface area contributed by atoms with E-state index in [9.17, 15) is 0 Å². The topological polar surface area (TPSA) is 16.4 Å². The molecule has 0 saturated heterocycles. The van der Waals surface area contributed by atoms with Gasteiger partial charge >= 0.3 is 0 Å². The van der Waals surface area contributed by atoms with Gasteiger partial charge in [-0.05, 0) is 92.7 Å². The normalized spacial score (nSPS) is 11.3. The third-order valence-corrected chi connectivity index (χ3v) is 9.26. The summed E-state index contributed by atoms with van der Waals surface area (Å²) in [5.41, 5.74) is 12.2. The van der Waals surface area contributed by atoms with Crippen LogP contribution in [0.4, 0.5) is 17.1 Å². The summed E-state index contributed by atoms with van der Waals surface area (Å²) >= 11 is 0. The second kappa shape index (κ2) is 11.8. The van der Waals surface area contributed by atoms with E-state index in [2.05, 4.69) is 193 Å². The Labute approximate surface area is 279 Å². The molecule has 0 aliphatic carbocycles. The number of nitrogens with zero attached hydrogens (tertiary/aromatic N) is 1. The number of hydrogen-bond acceptors (Lipinski definition) is 2. The monoisotopic (exact) mass is 613 g/mol. The number of fused-ring (bicyclic) bond motifs is 5. The van der Waals surface area contributed by atoms with Crippen molar-refractivity contribution < 1.29 is 4.42 Å². The molecule has 2 heteroatoms. The van der Waals surface area contributed by atoms with Gasteiger partial charge in [0.1, 0.15) is 11.2 Å². The van der Waals surface area contributed by atoms with Crippen molar-refractivity contribution in [3.63, 3.8) is 0 Å². The van der Waals surface area contributed by atoms with Gasteiger partial charge in [0.15, 0.2) is 0 Å². The van der Waals surface area contributed by atoms with E-state index in [1.807, 2.05) is 0 Å². The highest BCUT2D eigenvalue weighted by molar-refractivity contribution is 6.19. The van der Waals surface area contributed by atoms with Gasteiger partial charge in [0, 0.05) is 27.8 Å². The molecular weight excluding hydrogens is 583 g/mol. The van der Waals surface area contributed by atoms with Crippen molar-refractivity contribution in [3.8, 4) is 33.4 Å². The molecule has 0 aliphatic rings. The molecule has 0 aliphatic heterocycles. The van der Waals surface area contributed by atoms with Gasteiger partial charge in [-0.2, -0.15) is 0 Å². The Hall–Kier alpha value is -6.38. The highest BCUT2D eigenvalue weighted by Crippen LogP contribution is 2.43. The maximum Gasteiger partial charge on any atom is 0.136 e. The molecule has 0 saturated carbocycles. The first-order valence-electron chi connectivity index (χ1n) is 16.3. The van der Waals surface area contributed by atoms with Crippen molar-refractivity contribution in [1.29, 1.82) is 0 Å². The molecule has 0 fully saturated rings. The molecule has 226 valence electrons. The van der Waals surface area contributed by atoms with Crippen molar-refractivity contribution in [2.45, 2.75) is 0 Å². The Morgan fingerprint density at radius 1 is 0.333 bits per heavy atom.